The van der Waals surface area contributed by atoms with Crippen LogP contribution in [-0.4, -0.2) is 5.87 Å². The van der Waals surface area contributed by atoms with Crippen molar-refractivity contribution < 1.29 is 0 Å². The lowest BCUT2D eigenvalue weighted by atomic mass is 10.1. The summed E-state index contributed by atoms with van der Waals surface area (Å²) in [5.41, 5.74) is 1.30. The Hall–Kier alpha value is -0.460. The lowest BCUT2D eigenvalue weighted by molar-refractivity contribution is 0.809. The van der Waals surface area contributed by atoms with E-state index < -0.39 is 0 Å². The second kappa shape index (κ2) is 3.09. The standard InChI is InChI=1S/C8H11NS/c1-6(2)8-7(3)4-5-9-10-8/h4,6H,1-3H3. The van der Waals surface area contributed by atoms with Crippen molar-refractivity contribution in [3.8, 4) is 0 Å². The number of nitrogens with zero attached hydrogens (tertiary/aromatic N) is 1. The molecule has 0 bridgehead atoms. The van der Waals surface area contributed by atoms with Crippen molar-refractivity contribution >= 4 is 17.8 Å². The van der Waals surface area contributed by atoms with Crippen molar-refractivity contribution in [2.24, 2.45) is 10.3 Å². The summed E-state index contributed by atoms with van der Waals surface area (Å²) < 4.78 is 3.98. The third-order valence-corrected chi connectivity index (χ3v) is 2.58. The van der Waals surface area contributed by atoms with Crippen LogP contribution in [0.2, 0.25) is 0 Å². The van der Waals surface area contributed by atoms with Crippen LogP contribution < -0.4 is 0 Å². The Kier molecular flexibility index (Phi) is 2.36. The molecule has 0 aliphatic carbocycles. The fraction of sp³-hybridized carbons (Fsp3) is 0.500. The maximum Gasteiger partial charge on any atom is 0.0168 e. The first-order chi connectivity index (χ1) is 4.72. The molecule has 1 aliphatic rings. The highest BCUT2D eigenvalue weighted by Crippen LogP contribution is 2.29. The molecule has 0 saturated heterocycles. The zero-order valence-corrected chi connectivity index (χ0v) is 7.33. The summed E-state index contributed by atoms with van der Waals surface area (Å²) in [7, 11) is 0. The van der Waals surface area contributed by atoms with E-state index in [1.807, 2.05) is 6.08 Å². The molecule has 1 nitrogen and oxygen atoms in total. The molecule has 1 rings (SSSR count). The Balaban J connectivity index is 2.88. The van der Waals surface area contributed by atoms with Gasteiger partial charge in [0, 0.05) is 22.9 Å². The maximum absolute atomic E-state index is 3.98. The summed E-state index contributed by atoms with van der Waals surface area (Å²) in [5, 5.41) is 0. The highest BCUT2D eigenvalue weighted by molar-refractivity contribution is 8.02. The zero-order chi connectivity index (χ0) is 7.56. The molecule has 1 aliphatic heterocycles. The number of rotatable bonds is 1. The summed E-state index contributed by atoms with van der Waals surface area (Å²) >= 11 is 1.54. The Labute approximate surface area is 66.1 Å². The Morgan fingerprint density at radius 3 is 2.70 bits per heavy atom. The van der Waals surface area contributed by atoms with Gasteiger partial charge in [0.05, 0.1) is 0 Å². The summed E-state index contributed by atoms with van der Waals surface area (Å²) in [6, 6.07) is 0. The van der Waals surface area contributed by atoms with E-state index in [-0.39, 0.29) is 0 Å². The van der Waals surface area contributed by atoms with E-state index in [0.29, 0.717) is 5.92 Å². The van der Waals surface area contributed by atoms with Gasteiger partial charge in [-0.1, -0.05) is 13.8 Å². The SMILES string of the molecule is CC1=C(C(C)C)SN=C=C1. The predicted molar refractivity (Wildman–Crippen MR) is 47.1 cm³/mol. The van der Waals surface area contributed by atoms with Gasteiger partial charge in [0.1, 0.15) is 0 Å². The van der Waals surface area contributed by atoms with Crippen molar-refractivity contribution in [3.63, 3.8) is 0 Å². The molecule has 0 aromatic heterocycles. The number of hydrogen-bond acceptors (Lipinski definition) is 2. The van der Waals surface area contributed by atoms with Crippen LogP contribution in [0.4, 0.5) is 0 Å². The van der Waals surface area contributed by atoms with Crippen molar-refractivity contribution in [2.75, 3.05) is 0 Å². The van der Waals surface area contributed by atoms with Gasteiger partial charge in [-0.3, -0.25) is 0 Å². The highest BCUT2D eigenvalue weighted by Gasteiger charge is 2.07. The van der Waals surface area contributed by atoms with E-state index in [0.717, 1.165) is 0 Å². The van der Waals surface area contributed by atoms with Crippen LogP contribution >= 0.6 is 11.9 Å². The maximum atomic E-state index is 3.98. The molecule has 54 valence electrons. The lowest BCUT2D eigenvalue weighted by Gasteiger charge is -2.10. The normalized spacial score (nSPS) is 17.2. The first-order valence-corrected chi connectivity index (χ1v) is 4.15. The molecule has 0 aromatic carbocycles. The molecule has 0 N–H and O–H groups in total. The van der Waals surface area contributed by atoms with Crippen LogP contribution in [0.25, 0.3) is 0 Å². The molecule has 0 saturated carbocycles. The fourth-order valence-corrected chi connectivity index (χ4v) is 1.52. The smallest absolute Gasteiger partial charge is 0.0168 e. The van der Waals surface area contributed by atoms with E-state index in [1.54, 1.807) is 11.9 Å². The average Bonchev–Trinajstić information content (AvgIpc) is 1.88. The van der Waals surface area contributed by atoms with Gasteiger partial charge in [0.25, 0.3) is 0 Å². The molecule has 1 heterocycles. The number of allylic oxidation sites excluding steroid dienone is 3. The predicted octanol–water partition coefficient (Wildman–Crippen LogP) is 2.80. The highest BCUT2D eigenvalue weighted by atomic mass is 32.2. The van der Waals surface area contributed by atoms with E-state index >= 15 is 0 Å². The zero-order valence-electron chi connectivity index (χ0n) is 6.51. The second-order valence-electron chi connectivity index (χ2n) is 2.66. The minimum Gasteiger partial charge on any atom is -0.168 e. The minimum absolute atomic E-state index is 0.590. The van der Waals surface area contributed by atoms with Crippen LogP contribution in [-0.2, 0) is 0 Å². The van der Waals surface area contributed by atoms with Gasteiger partial charge in [-0.25, -0.2) is 0 Å². The first-order valence-electron chi connectivity index (χ1n) is 3.38. The Morgan fingerprint density at radius 2 is 2.30 bits per heavy atom. The molecule has 0 aromatic rings. The molecule has 0 spiro atoms. The first kappa shape index (κ1) is 7.64. The lowest BCUT2D eigenvalue weighted by Crippen LogP contribution is -1.93. The monoisotopic (exact) mass is 153 g/mol. The summed E-state index contributed by atoms with van der Waals surface area (Å²) in [5.74, 6) is 3.41. The molecule has 10 heavy (non-hydrogen) atoms. The van der Waals surface area contributed by atoms with E-state index in [2.05, 4.69) is 31.0 Å². The summed E-state index contributed by atoms with van der Waals surface area (Å²) in [6.07, 6.45) is 1.94. The second-order valence-corrected chi connectivity index (χ2v) is 3.46. The summed E-state index contributed by atoms with van der Waals surface area (Å²) in [4.78, 5) is 1.36. The van der Waals surface area contributed by atoms with Crippen LogP contribution in [0.15, 0.2) is 21.0 Å². The van der Waals surface area contributed by atoms with Gasteiger partial charge in [0.15, 0.2) is 0 Å². The summed E-state index contributed by atoms with van der Waals surface area (Å²) in [6.45, 7) is 6.46. The molecule has 0 atom stereocenters. The van der Waals surface area contributed by atoms with Crippen molar-refractivity contribution in [1.29, 1.82) is 0 Å². The third-order valence-electron chi connectivity index (χ3n) is 1.39. The average molecular weight is 153 g/mol. The molecule has 0 amide bonds. The molecular formula is C8H11NS. The largest absolute Gasteiger partial charge is 0.168 e. The molecule has 0 unspecified atom stereocenters. The third kappa shape index (κ3) is 1.53. The van der Waals surface area contributed by atoms with E-state index in [9.17, 15) is 0 Å². The topological polar surface area (TPSA) is 12.4 Å². The molecule has 0 fully saturated rings. The fourth-order valence-electron chi connectivity index (χ4n) is 0.903. The van der Waals surface area contributed by atoms with Gasteiger partial charge < -0.3 is 0 Å². The van der Waals surface area contributed by atoms with Crippen molar-refractivity contribution in [2.45, 2.75) is 20.8 Å². The number of hydrogen-bond donors (Lipinski definition) is 0. The molecule has 0 radical (unpaired) electrons. The van der Waals surface area contributed by atoms with Crippen molar-refractivity contribution in [1.82, 2.24) is 0 Å². The van der Waals surface area contributed by atoms with Crippen LogP contribution in [0.5, 0.6) is 0 Å². The van der Waals surface area contributed by atoms with Gasteiger partial charge >= 0.3 is 0 Å². The van der Waals surface area contributed by atoms with Crippen LogP contribution in [0, 0.1) is 5.92 Å². The quantitative estimate of drug-likeness (QED) is 0.528. The molecule has 2 heteroatoms. The van der Waals surface area contributed by atoms with E-state index in [4.69, 9.17) is 0 Å². The van der Waals surface area contributed by atoms with Crippen LogP contribution in [0.3, 0.4) is 0 Å². The minimum atomic E-state index is 0.590. The molecular weight excluding hydrogens is 142 g/mol. The van der Waals surface area contributed by atoms with E-state index in [1.165, 1.54) is 10.5 Å². The Bertz CT molecular complexity index is 219. The van der Waals surface area contributed by atoms with Gasteiger partial charge in [-0.15, -0.1) is 0 Å². The van der Waals surface area contributed by atoms with Gasteiger partial charge in [0.2, 0.25) is 0 Å². The Morgan fingerprint density at radius 1 is 1.60 bits per heavy atom. The van der Waals surface area contributed by atoms with Gasteiger partial charge in [-0.2, -0.15) is 4.40 Å². The van der Waals surface area contributed by atoms with Crippen molar-refractivity contribution in [3.05, 3.63) is 16.6 Å². The van der Waals surface area contributed by atoms with Gasteiger partial charge in [-0.05, 0) is 24.3 Å². The van der Waals surface area contributed by atoms with Crippen LogP contribution in [0.1, 0.15) is 20.8 Å².